The van der Waals surface area contributed by atoms with Gasteiger partial charge < -0.3 is 0 Å². The second-order valence-electron chi connectivity index (χ2n) is 6.79. The van der Waals surface area contributed by atoms with Gasteiger partial charge in [0.25, 0.3) is 0 Å². The van der Waals surface area contributed by atoms with Crippen LogP contribution in [0, 0.1) is 0 Å². The number of hydrogen-bond donors (Lipinski definition) is 0. The molecule has 2 aliphatic heterocycles. The maximum Gasteiger partial charge on any atom is 0.416 e. The van der Waals surface area contributed by atoms with Crippen LogP contribution in [0.2, 0.25) is 0 Å². The number of alkyl halides is 3. The van der Waals surface area contributed by atoms with Crippen molar-refractivity contribution in [1.29, 1.82) is 0 Å². The highest BCUT2D eigenvalue weighted by atomic mass is 32.2. The van der Waals surface area contributed by atoms with Crippen LogP contribution in [0.25, 0.3) is 0 Å². The second kappa shape index (κ2) is 6.00. The highest BCUT2D eigenvalue weighted by Gasteiger charge is 2.47. The Morgan fingerprint density at radius 2 is 1.71 bits per heavy atom. The molecule has 2 atom stereocenters. The van der Waals surface area contributed by atoms with Gasteiger partial charge in [-0.2, -0.15) is 17.5 Å². The second-order valence-corrected chi connectivity index (χ2v) is 8.64. The van der Waals surface area contributed by atoms with E-state index < -0.39 is 21.8 Å². The lowest BCUT2D eigenvalue weighted by Gasteiger charge is -2.41. The molecule has 0 N–H and O–H groups in total. The zero-order valence-corrected chi connectivity index (χ0v) is 14.4. The molecular formula is C16H21F3N2O2S. The van der Waals surface area contributed by atoms with Gasteiger partial charge in [-0.3, -0.25) is 4.90 Å². The maximum absolute atomic E-state index is 12.9. The van der Waals surface area contributed by atoms with Crippen molar-refractivity contribution in [1.82, 2.24) is 9.21 Å². The van der Waals surface area contributed by atoms with Crippen molar-refractivity contribution in [3.05, 3.63) is 29.8 Å². The lowest BCUT2D eigenvalue weighted by molar-refractivity contribution is -0.137. The summed E-state index contributed by atoms with van der Waals surface area (Å²) in [6.07, 6.45) is -3.04. The van der Waals surface area contributed by atoms with E-state index in [2.05, 4.69) is 18.7 Å². The molecule has 0 aliphatic carbocycles. The van der Waals surface area contributed by atoms with Crippen molar-refractivity contribution < 1.29 is 21.6 Å². The number of likely N-dealkylation sites (tertiary alicyclic amines) is 1. The molecule has 0 aromatic heterocycles. The summed E-state index contributed by atoms with van der Waals surface area (Å²) in [5, 5.41) is 0. The summed E-state index contributed by atoms with van der Waals surface area (Å²) in [4.78, 5) is 1.97. The zero-order valence-electron chi connectivity index (χ0n) is 13.6. The van der Waals surface area contributed by atoms with E-state index in [0.717, 1.165) is 31.0 Å². The zero-order chi connectivity index (χ0) is 17.7. The van der Waals surface area contributed by atoms with E-state index in [0.29, 0.717) is 19.1 Å². The first-order chi connectivity index (χ1) is 11.1. The minimum Gasteiger partial charge on any atom is -0.298 e. The first-order valence-electron chi connectivity index (χ1n) is 8.05. The maximum atomic E-state index is 12.9. The lowest BCUT2D eigenvalue weighted by atomic mass is 10.2. The van der Waals surface area contributed by atoms with Gasteiger partial charge in [-0.15, -0.1) is 0 Å². The topological polar surface area (TPSA) is 40.6 Å². The summed E-state index contributed by atoms with van der Waals surface area (Å²) < 4.78 is 66.0. The Balaban J connectivity index is 1.92. The molecular weight excluding hydrogens is 341 g/mol. The average molecular weight is 362 g/mol. The van der Waals surface area contributed by atoms with Crippen molar-refractivity contribution in [2.75, 3.05) is 13.1 Å². The minimum absolute atomic E-state index is 0.161. The van der Waals surface area contributed by atoms with Gasteiger partial charge >= 0.3 is 6.18 Å². The molecule has 4 nitrogen and oxygen atoms in total. The number of rotatable bonds is 3. The van der Waals surface area contributed by atoms with Crippen LogP contribution in [-0.4, -0.2) is 48.8 Å². The summed E-state index contributed by atoms with van der Waals surface area (Å²) in [6, 6.07) is 4.04. The molecule has 0 spiro atoms. The Morgan fingerprint density at radius 1 is 1.12 bits per heavy atom. The summed E-state index contributed by atoms with van der Waals surface area (Å²) in [5.74, 6) is 0. The van der Waals surface area contributed by atoms with E-state index in [4.69, 9.17) is 0 Å². The molecule has 2 bridgehead atoms. The Hall–Kier alpha value is -1.12. The monoisotopic (exact) mass is 362 g/mol. The van der Waals surface area contributed by atoms with E-state index in [1.165, 1.54) is 10.4 Å². The largest absolute Gasteiger partial charge is 0.416 e. The third kappa shape index (κ3) is 3.07. The Kier molecular flexibility index (Phi) is 4.42. The molecule has 2 saturated heterocycles. The average Bonchev–Trinajstić information content (AvgIpc) is 2.78. The SMILES string of the molecule is CC(C)N1CC2CCC(C1)N2S(=O)(=O)c1cccc(C(F)(F)F)c1. The number of benzene rings is 1. The summed E-state index contributed by atoms with van der Waals surface area (Å²) in [7, 11) is -3.92. The van der Waals surface area contributed by atoms with Gasteiger partial charge in [0.05, 0.1) is 10.5 Å². The third-order valence-electron chi connectivity index (χ3n) is 4.91. The predicted molar refractivity (Wildman–Crippen MR) is 84.0 cm³/mol. The van der Waals surface area contributed by atoms with Crippen LogP contribution in [0.1, 0.15) is 32.3 Å². The van der Waals surface area contributed by atoms with Crippen LogP contribution in [0.5, 0.6) is 0 Å². The van der Waals surface area contributed by atoms with E-state index in [1.54, 1.807) is 0 Å². The van der Waals surface area contributed by atoms with Crippen molar-refractivity contribution in [2.45, 2.75) is 55.9 Å². The number of fused-ring (bicyclic) bond motifs is 2. The Morgan fingerprint density at radius 3 is 2.21 bits per heavy atom. The fraction of sp³-hybridized carbons (Fsp3) is 0.625. The van der Waals surface area contributed by atoms with Crippen molar-refractivity contribution >= 4 is 10.0 Å². The van der Waals surface area contributed by atoms with E-state index >= 15 is 0 Å². The molecule has 134 valence electrons. The van der Waals surface area contributed by atoms with Gasteiger partial charge in [-0.1, -0.05) is 6.07 Å². The number of halogens is 3. The number of sulfonamides is 1. The molecule has 1 aromatic carbocycles. The molecule has 0 saturated carbocycles. The highest BCUT2D eigenvalue weighted by Crippen LogP contribution is 2.37. The molecule has 2 heterocycles. The summed E-state index contributed by atoms with van der Waals surface area (Å²) >= 11 is 0. The molecule has 2 fully saturated rings. The normalized spacial score (nSPS) is 26.2. The summed E-state index contributed by atoms with van der Waals surface area (Å²) in [6.45, 7) is 5.39. The van der Waals surface area contributed by atoms with Gasteiger partial charge in [0.2, 0.25) is 10.0 Å². The first-order valence-corrected chi connectivity index (χ1v) is 9.49. The van der Waals surface area contributed by atoms with Crippen LogP contribution < -0.4 is 0 Å². The van der Waals surface area contributed by atoms with Crippen molar-refractivity contribution in [2.24, 2.45) is 0 Å². The van der Waals surface area contributed by atoms with Crippen LogP contribution in [0.15, 0.2) is 29.2 Å². The molecule has 0 radical (unpaired) electrons. The van der Waals surface area contributed by atoms with E-state index in [9.17, 15) is 21.6 Å². The Labute approximate surface area is 140 Å². The van der Waals surface area contributed by atoms with Gasteiger partial charge in [-0.25, -0.2) is 8.42 Å². The number of nitrogens with zero attached hydrogens (tertiary/aromatic N) is 2. The molecule has 1 aromatic rings. The van der Waals surface area contributed by atoms with E-state index in [-0.39, 0.29) is 17.0 Å². The van der Waals surface area contributed by atoms with Crippen LogP contribution in [-0.2, 0) is 16.2 Å². The van der Waals surface area contributed by atoms with Crippen molar-refractivity contribution in [3.8, 4) is 0 Å². The highest BCUT2D eigenvalue weighted by molar-refractivity contribution is 7.89. The van der Waals surface area contributed by atoms with Gasteiger partial charge in [-0.05, 0) is 44.9 Å². The lowest BCUT2D eigenvalue weighted by Crippen LogP contribution is -2.57. The molecule has 3 rings (SSSR count). The quantitative estimate of drug-likeness (QED) is 0.830. The molecule has 2 unspecified atom stereocenters. The number of piperazine rings is 1. The first kappa shape index (κ1) is 17.7. The molecule has 2 aliphatic rings. The van der Waals surface area contributed by atoms with Gasteiger partial charge in [0, 0.05) is 31.2 Å². The van der Waals surface area contributed by atoms with Crippen molar-refractivity contribution in [3.63, 3.8) is 0 Å². The standard InChI is InChI=1S/C16H21F3N2O2S/c1-11(2)20-9-13-6-7-14(10-20)21(13)24(22,23)15-5-3-4-12(8-15)16(17,18)19/h3-5,8,11,13-14H,6-7,9-10H2,1-2H3. The van der Waals surface area contributed by atoms with Crippen LogP contribution in [0.4, 0.5) is 13.2 Å². The minimum atomic E-state index is -4.55. The summed E-state index contributed by atoms with van der Waals surface area (Å²) in [5.41, 5.74) is -0.934. The Bertz CT molecular complexity index is 704. The smallest absolute Gasteiger partial charge is 0.298 e. The third-order valence-corrected chi connectivity index (χ3v) is 6.91. The van der Waals surface area contributed by atoms with Gasteiger partial charge in [0.1, 0.15) is 0 Å². The van der Waals surface area contributed by atoms with Gasteiger partial charge in [0.15, 0.2) is 0 Å². The predicted octanol–water partition coefficient (Wildman–Crippen LogP) is 2.95. The fourth-order valence-electron chi connectivity index (χ4n) is 3.67. The van der Waals surface area contributed by atoms with E-state index in [1.807, 2.05) is 0 Å². The van der Waals surface area contributed by atoms with Crippen LogP contribution >= 0.6 is 0 Å². The molecule has 0 amide bonds. The molecule has 24 heavy (non-hydrogen) atoms. The van der Waals surface area contributed by atoms with Crippen LogP contribution in [0.3, 0.4) is 0 Å². The fourth-order valence-corrected chi connectivity index (χ4v) is 5.56. The molecule has 8 heteroatoms. The number of hydrogen-bond acceptors (Lipinski definition) is 3.